The Labute approximate surface area is 219 Å². The molecular weight excluding hydrogens is 490 g/mol. The first-order valence-electron chi connectivity index (χ1n) is 13.1. The average molecular weight is 522 g/mol. The number of likely N-dealkylation sites (tertiary alicyclic amines) is 1. The first kappa shape index (κ1) is 24.7. The Morgan fingerprint density at radius 3 is 2.79 bits per heavy atom. The minimum atomic E-state index is -1.37. The largest absolute Gasteiger partial charge is 0.461 e. The summed E-state index contributed by atoms with van der Waals surface area (Å²) < 4.78 is 13.6. The van der Waals surface area contributed by atoms with Crippen LogP contribution in [0, 0.1) is 17.8 Å². The number of para-hydroxylation sites is 1. The quantitative estimate of drug-likeness (QED) is 0.439. The molecule has 38 heavy (non-hydrogen) atoms. The van der Waals surface area contributed by atoms with Gasteiger partial charge in [0.2, 0.25) is 5.91 Å². The van der Waals surface area contributed by atoms with Gasteiger partial charge in [-0.15, -0.1) is 5.10 Å². The molecular formula is C27H31N5O6. The number of carbonyl (C=O) groups excluding carboxylic acids is 3. The molecule has 4 aliphatic heterocycles. The number of aromatic nitrogens is 3. The number of esters is 1. The summed E-state index contributed by atoms with van der Waals surface area (Å²) in [7, 11) is 0. The van der Waals surface area contributed by atoms with E-state index in [0.717, 1.165) is 5.52 Å². The number of carbonyl (C=O) groups is 3. The predicted octanol–water partition coefficient (Wildman–Crippen LogP) is 0.888. The Morgan fingerprint density at radius 2 is 2.00 bits per heavy atom. The van der Waals surface area contributed by atoms with Gasteiger partial charge in [-0.3, -0.25) is 14.4 Å². The number of fused-ring (bicyclic) bond motifs is 3. The van der Waals surface area contributed by atoms with Crippen LogP contribution in [0.1, 0.15) is 20.3 Å². The van der Waals surface area contributed by atoms with Crippen LogP contribution in [0.2, 0.25) is 0 Å². The molecule has 1 spiro atoms. The van der Waals surface area contributed by atoms with Crippen molar-refractivity contribution in [3.05, 3.63) is 48.6 Å². The van der Waals surface area contributed by atoms with Crippen molar-refractivity contribution in [3.63, 3.8) is 0 Å². The lowest BCUT2D eigenvalue weighted by Crippen LogP contribution is -2.59. The number of hydrogen-bond donors (Lipinski definition) is 1. The zero-order chi connectivity index (χ0) is 26.6. The third-order valence-electron chi connectivity index (χ3n) is 8.50. The Balaban J connectivity index is 1.44. The van der Waals surface area contributed by atoms with Crippen LogP contribution in [0.5, 0.6) is 0 Å². The van der Waals surface area contributed by atoms with Crippen LogP contribution in [0.15, 0.2) is 48.6 Å². The molecule has 200 valence electrons. The van der Waals surface area contributed by atoms with Gasteiger partial charge in [0.1, 0.15) is 36.4 Å². The molecule has 0 saturated carbocycles. The third kappa shape index (κ3) is 3.52. The van der Waals surface area contributed by atoms with Crippen molar-refractivity contribution < 1.29 is 29.0 Å². The minimum absolute atomic E-state index is 0.0932. The van der Waals surface area contributed by atoms with E-state index in [9.17, 15) is 19.5 Å². The molecule has 6 rings (SSSR count). The number of ether oxygens (including phenoxy) is 2. The molecule has 0 radical (unpaired) electrons. The molecule has 2 aromatic rings. The number of rotatable bonds is 6. The molecule has 0 bridgehead atoms. The molecule has 1 aromatic heterocycles. The van der Waals surface area contributed by atoms with E-state index in [0.29, 0.717) is 11.9 Å². The second-order valence-corrected chi connectivity index (χ2v) is 10.5. The smallest absolute Gasteiger partial charge is 0.313 e. The SMILES string of the molecule is CC[C@H](C)[C@H](CO)N1C(=O)[C@@H]2[C@@H]3C(=O)OCC=C[C@@H]3O[C@@]23C=CCN(Cn2nnc4ccccc42)C(=O)C13. The maximum atomic E-state index is 14.4. The zero-order valence-electron chi connectivity index (χ0n) is 21.3. The first-order chi connectivity index (χ1) is 18.4. The summed E-state index contributed by atoms with van der Waals surface area (Å²) in [6.07, 6.45) is 7.05. The highest BCUT2D eigenvalue weighted by atomic mass is 16.6. The van der Waals surface area contributed by atoms with Crippen LogP contribution in [0.3, 0.4) is 0 Å². The van der Waals surface area contributed by atoms with Crippen molar-refractivity contribution in [2.45, 2.75) is 50.7 Å². The molecule has 2 saturated heterocycles. The standard InChI is InChI=1S/C27H31N5O6/c1-3-16(2)19(14-33)32-23-25(35)30(15-31-18-9-5-4-8-17(18)28-29-31)12-7-11-27(23)22(24(32)34)21-20(38-27)10-6-13-37-26(21)36/h4-11,16,19-23,33H,3,12-15H2,1-2H3/t16-,19-,20-,21+,22-,23?,27-/m0/s1. The van der Waals surface area contributed by atoms with Gasteiger partial charge in [-0.25, -0.2) is 4.68 Å². The molecule has 2 fully saturated rings. The van der Waals surface area contributed by atoms with Crippen molar-refractivity contribution >= 4 is 28.8 Å². The Kier molecular flexibility index (Phi) is 6.07. The molecule has 4 aliphatic rings. The van der Waals surface area contributed by atoms with Gasteiger partial charge in [0, 0.05) is 6.54 Å². The van der Waals surface area contributed by atoms with Gasteiger partial charge in [0.05, 0.1) is 30.2 Å². The van der Waals surface area contributed by atoms with Gasteiger partial charge in [0.25, 0.3) is 5.91 Å². The maximum Gasteiger partial charge on any atom is 0.313 e. The lowest BCUT2D eigenvalue weighted by Gasteiger charge is -2.40. The molecule has 1 unspecified atom stereocenters. The zero-order valence-corrected chi connectivity index (χ0v) is 21.3. The summed E-state index contributed by atoms with van der Waals surface area (Å²) in [5.41, 5.74) is 0.117. The van der Waals surface area contributed by atoms with Crippen LogP contribution in [-0.2, 0) is 30.5 Å². The average Bonchev–Trinajstić information content (AvgIpc) is 3.47. The summed E-state index contributed by atoms with van der Waals surface area (Å²) in [5, 5.41) is 18.9. The summed E-state index contributed by atoms with van der Waals surface area (Å²) >= 11 is 0. The fourth-order valence-corrected chi connectivity index (χ4v) is 6.44. The van der Waals surface area contributed by atoms with E-state index in [1.807, 2.05) is 44.2 Å². The van der Waals surface area contributed by atoms with Crippen molar-refractivity contribution in [1.29, 1.82) is 0 Å². The highest BCUT2D eigenvalue weighted by molar-refractivity contribution is 5.99. The van der Waals surface area contributed by atoms with E-state index >= 15 is 0 Å². The highest BCUT2D eigenvalue weighted by Gasteiger charge is 2.72. The van der Waals surface area contributed by atoms with Gasteiger partial charge in [-0.2, -0.15) is 0 Å². The van der Waals surface area contributed by atoms with Gasteiger partial charge in [-0.05, 0) is 24.1 Å². The van der Waals surface area contributed by atoms with Crippen LogP contribution in [-0.4, -0.2) is 91.2 Å². The number of hydrogen-bond acceptors (Lipinski definition) is 8. The van der Waals surface area contributed by atoms with Crippen molar-refractivity contribution in [1.82, 2.24) is 24.8 Å². The highest BCUT2D eigenvalue weighted by Crippen LogP contribution is 2.54. The normalized spacial score (nSPS) is 32.0. The van der Waals surface area contributed by atoms with E-state index in [1.165, 1.54) is 4.90 Å². The van der Waals surface area contributed by atoms with Gasteiger partial charge < -0.3 is 24.4 Å². The topological polar surface area (TPSA) is 127 Å². The maximum absolute atomic E-state index is 14.4. The number of cyclic esters (lactones) is 1. The summed E-state index contributed by atoms with van der Waals surface area (Å²) in [4.78, 5) is 44.8. The van der Waals surface area contributed by atoms with E-state index in [4.69, 9.17) is 9.47 Å². The minimum Gasteiger partial charge on any atom is -0.461 e. The Morgan fingerprint density at radius 1 is 1.18 bits per heavy atom. The lowest BCUT2D eigenvalue weighted by atomic mass is 9.78. The van der Waals surface area contributed by atoms with Crippen LogP contribution in [0.25, 0.3) is 11.0 Å². The van der Waals surface area contributed by atoms with Crippen molar-refractivity contribution in [2.75, 3.05) is 19.8 Å². The van der Waals surface area contributed by atoms with Gasteiger partial charge in [0.15, 0.2) is 0 Å². The number of aliphatic hydroxyl groups is 1. The summed E-state index contributed by atoms with van der Waals surface area (Å²) in [6.45, 7) is 4.08. The number of benzene rings is 1. The lowest BCUT2D eigenvalue weighted by molar-refractivity contribution is -0.156. The second kappa shape index (κ2) is 9.32. The number of amides is 2. The van der Waals surface area contributed by atoms with Gasteiger partial charge >= 0.3 is 5.97 Å². The summed E-state index contributed by atoms with van der Waals surface area (Å²) in [5.74, 6) is -3.15. The fraction of sp³-hybridized carbons (Fsp3) is 0.519. The van der Waals surface area contributed by atoms with E-state index < -0.39 is 41.6 Å². The molecule has 7 atom stereocenters. The monoisotopic (exact) mass is 521 g/mol. The predicted molar refractivity (Wildman–Crippen MR) is 134 cm³/mol. The molecule has 5 heterocycles. The fourth-order valence-electron chi connectivity index (χ4n) is 6.44. The van der Waals surface area contributed by atoms with Crippen molar-refractivity contribution in [3.8, 4) is 0 Å². The second-order valence-electron chi connectivity index (χ2n) is 10.5. The van der Waals surface area contributed by atoms with Gasteiger partial charge in [-0.1, -0.05) is 55.8 Å². The number of nitrogens with zero attached hydrogens (tertiary/aromatic N) is 5. The summed E-state index contributed by atoms with van der Waals surface area (Å²) in [6, 6.07) is 5.80. The van der Waals surface area contributed by atoms with E-state index in [-0.39, 0.29) is 44.2 Å². The first-order valence-corrected chi connectivity index (χ1v) is 13.1. The molecule has 2 amide bonds. The Hall–Kier alpha value is -3.57. The molecule has 1 aromatic carbocycles. The van der Waals surface area contributed by atoms with Crippen molar-refractivity contribution in [2.24, 2.45) is 17.8 Å². The Bertz CT molecular complexity index is 1340. The molecule has 0 aliphatic carbocycles. The van der Waals surface area contributed by atoms with Crippen LogP contribution >= 0.6 is 0 Å². The van der Waals surface area contributed by atoms with Crippen LogP contribution < -0.4 is 0 Å². The number of aliphatic hydroxyl groups excluding tert-OH is 1. The van der Waals surface area contributed by atoms with Crippen LogP contribution in [0.4, 0.5) is 0 Å². The molecule has 11 heteroatoms. The van der Waals surface area contributed by atoms with E-state index in [2.05, 4.69) is 10.3 Å². The third-order valence-corrected chi connectivity index (χ3v) is 8.50. The molecule has 1 N–H and O–H groups in total. The molecule has 11 nitrogen and oxygen atoms in total. The van der Waals surface area contributed by atoms with E-state index in [1.54, 1.807) is 27.8 Å².